The number of pyridine rings is 2. The van der Waals surface area contributed by atoms with Crippen LogP contribution < -0.4 is 19.7 Å². The lowest BCUT2D eigenvalue weighted by molar-refractivity contribution is 0.182. The molecule has 0 radical (unpaired) electrons. The van der Waals surface area contributed by atoms with Gasteiger partial charge in [0.1, 0.15) is 28.3 Å². The molecule has 0 amide bonds. The average molecular weight is 730 g/mol. The summed E-state index contributed by atoms with van der Waals surface area (Å²) in [6.07, 6.45) is 4.70. The fourth-order valence-corrected chi connectivity index (χ4v) is 6.70. The Morgan fingerprint density at radius 3 is 1.98 bits per heavy atom. The first kappa shape index (κ1) is 35.9. The zero-order valence-electron chi connectivity index (χ0n) is 29.0. The van der Waals surface area contributed by atoms with E-state index in [0.29, 0.717) is 85.6 Å². The highest BCUT2D eigenvalue weighted by Gasteiger charge is 2.24. The Morgan fingerprint density at radius 2 is 1.43 bits per heavy atom. The highest BCUT2D eigenvalue weighted by Crippen LogP contribution is 2.30. The van der Waals surface area contributed by atoms with Crippen LogP contribution in [0, 0.1) is 6.92 Å². The Kier molecular flexibility index (Phi) is 11.3. The molecule has 51 heavy (non-hydrogen) atoms. The first-order valence-electron chi connectivity index (χ1n) is 16.3. The molecule has 1 aliphatic heterocycles. The van der Waals surface area contributed by atoms with E-state index >= 15 is 0 Å². The molecule has 4 heterocycles. The lowest BCUT2D eigenvalue weighted by atomic mass is 10.1. The zero-order valence-corrected chi connectivity index (χ0v) is 30.5. The number of piperazine rings is 1. The van der Waals surface area contributed by atoms with Crippen LogP contribution >= 0.6 is 11.6 Å². The van der Waals surface area contributed by atoms with E-state index in [0.717, 1.165) is 28.2 Å². The van der Waals surface area contributed by atoms with Gasteiger partial charge in [-0.25, -0.2) is 23.4 Å². The molecule has 0 aliphatic carbocycles. The monoisotopic (exact) mass is 729 g/mol. The SMILES string of the molecule is COc1ccc(CN(Cc2ccc(OC)cc2)c2nc(C)nc(-c3cc(CN4CCN(S(C)(=O)=O)CC4)cnc3Nc3ccc(Cl)nc3)n2)cc1. The minimum absolute atomic E-state index is 0.381. The number of benzene rings is 2. The van der Waals surface area contributed by atoms with Gasteiger partial charge in [-0.2, -0.15) is 14.3 Å². The summed E-state index contributed by atoms with van der Waals surface area (Å²) in [4.78, 5) is 28.0. The van der Waals surface area contributed by atoms with Gasteiger partial charge in [-0.1, -0.05) is 35.9 Å². The molecule has 15 heteroatoms. The predicted molar refractivity (Wildman–Crippen MR) is 198 cm³/mol. The number of sulfonamides is 1. The van der Waals surface area contributed by atoms with Crippen molar-refractivity contribution in [1.82, 2.24) is 34.1 Å². The molecule has 1 N–H and O–H groups in total. The number of hydrogen-bond donors (Lipinski definition) is 1. The van der Waals surface area contributed by atoms with Crippen molar-refractivity contribution in [3.8, 4) is 22.9 Å². The molecule has 266 valence electrons. The highest BCUT2D eigenvalue weighted by atomic mass is 35.5. The standard InChI is InChI=1S/C36H40ClN9O4S/c1-25-40-35(43-36(41-25)45(23-26-5-10-30(49-2)11-6-26)24-27-7-12-31(50-3)13-8-27)32-19-28(22-44-15-17-46(18-16-44)51(4,47)48)20-39-34(32)42-29-9-14-33(37)38-21-29/h5-14,19-21H,15-18,22-24H2,1-4H3,(H,39,42). The molecule has 0 unspecified atom stereocenters. The summed E-state index contributed by atoms with van der Waals surface area (Å²) in [5, 5.41) is 3.75. The van der Waals surface area contributed by atoms with Gasteiger partial charge in [0.2, 0.25) is 16.0 Å². The van der Waals surface area contributed by atoms with Crippen LogP contribution in [0.1, 0.15) is 22.5 Å². The number of rotatable bonds is 13. The second-order valence-corrected chi connectivity index (χ2v) is 14.6. The average Bonchev–Trinajstić information content (AvgIpc) is 3.13. The summed E-state index contributed by atoms with van der Waals surface area (Å²) in [5.74, 6) is 3.60. The number of halogens is 1. The number of aryl methyl sites for hydroxylation is 1. The minimum atomic E-state index is -3.23. The maximum atomic E-state index is 12.1. The molecule has 0 saturated carbocycles. The van der Waals surface area contributed by atoms with Gasteiger partial charge in [0.05, 0.1) is 37.9 Å². The summed E-state index contributed by atoms with van der Waals surface area (Å²) in [6.45, 7) is 5.59. The molecule has 1 aliphatic rings. The fourth-order valence-electron chi connectivity index (χ4n) is 5.76. The lowest BCUT2D eigenvalue weighted by Crippen LogP contribution is -2.47. The molecule has 3 aromatic heterocycles. The van der Waals surface area contributed by atoms with Crippen molar-refractivity contribution < 1.29 is 17.9 Å². The number of nitrogens with one attached hydrogen (secondary N) is 1. The van der Waals surface area contributed by atoms with Crippen molar-refractivity contribution in [2.75, 3.05) is 56.9 Å². The molecular formula is C36H40ClN9O4S. The quantitative estimate of drug-likeness (QED) is 0.157. The third kappa shape index (κ3) is 9.47. The van der Waals surface area contributed by atoms with Crippen molar-refractivity contribution in [3.05, 3.63) is 107 Å². The number of hydrogen-bond acceptors (Lipinski definition) is 12. The predicted octanol–water partition coefficient (Wildman–Crippen LogP) is 5.34. The number of anilines is 3. The molecular weight excluding hydrogens is 690 g/mol. The van der Waals surface area contributed by atoms with Gasteiger partial charge in [0.25, 0.3) is 0 Å². The zero-order chi connectivity index (χ0) is 36.0. The number of ether oxygens (including phenoxy) is 2. The maximum Gasteiger partial charge on any atom is 0.229 e. The Bertz CT molecular complexity index is 1990. The van der Waals surface area contributed by atoms with E-state index in [1.54, 1.807) is 26.5 Å². The highest BCUT2D eigenvalue weighted by molar-refractivity contribution is 7.88. The van der Waals surface area contributed by atoms with Crippen molar-refractivity contribution in [2.45, 2.75) is 26.6 Å². The molecule has 2 aromatic carbocycles. The van der Waals surface area contributed by atoms with Gasteiger partial charge in [-0.05, 0) is 66.1 Å². The largest absolute Gasteiger partial charge is 0.497 e. The van der Waals surface area contributed by atoms with Crippen LogP contribution in [-0.4, -0.2) is 89.2 Å². The van der Waals surface area contributed by atoms with E-state index in [2.05, 4.69) is 20.1 Å². The Morgan fingerprint density at radius 1 is 0.804 bits per heavy atom. The van der Waals surface area contributed by atoms with Gasteiger partial charge < -0.3 is 19.7 Å². The van der Waals surface area contributed by atoms with Gasteiger partial charge in [0, 0.05) is 52.0 Å². The molecule has 5 aromatic rings. The van der Waals surface area contributed by atoms with Crippen molar-refractivity contribution in [3.63, 3.8) is 0 Å². The number of aromatic nitrogens is 5. The van der Waals surface area contributed by atoms with E-state index in [-0.39, 0.29) is 0 Å². The van der Waals surface area contributed by atoms with Crippen LogP contribution in [0.3, 0.4) is 0 Å². The van der Waals surface area contributed by atoms with Gasteiger partial charge in [-0.3, -0.25) is 4.90 Å². The van der Waals surface area contributed by atoms with E-state index < -0.39 is 10.0 Å². The summed E-state index contributed by atoms with van der Waals surface area (Å²) < 4.78 is 36.4. The second kappa shape index (κ2) is 16.0. The molecule has 0 atom stereocenters. The van der Waals surface area contributed by atoms with Crippen LogP contribution in [0.4, 0.5) is 17.5 Å². The Balaban J connectivity index is 1.36. The van der Waals surface area contributed by atoms with Gasteiger partial charge in [0.15, 0.2) is 5.82 Å². The van der Waals surface area contributed by atoms with Crippen LogP contribution in [0.25, 0.3) is 11.4 Å². The maximum absolute atomic E-state index is 12.1. The lowest BCUT2D eigenvalue weighted by Gasteiger charge is -2.33. The summed E-state index contributed by atoms with van der Waals surface area (Å²) in [6, 6.07) is 21.4. The summed E-state index contributed by atoms with van der Waals surface area (Å²) >= 11 is 6.06. The fraction of sp³-hybridized carbons (Fsp3) is 0.306. The first-order chi connectivity index (χ1) is 24.6. The van der Waals surface area contributed by atoms with Crippen molar-refractivity contribution in [1.29, 1.82) is 0 Å². The third-order valence-corrected chi connectivity index (χ3v) is 9.99. The van der Waals surface area contributed by atoms with Crippen LogP contribution in [0.5, 0.6) is 11.5 Å². The van der Waals surface area contributed by atoms with Gasteiger partial charge in [-0.15, -0.1) is 0 Å². The van der Waals surface area contributed by atoms with E-state index in [4.69, 9.17) is 41.0 Å². The molecule has 6 rings (SSSR count). The van der Waals surface area contributed by atoms with E-state index in [1.807, 2.05) is 73.8 Å². The molecule has 1 fully saturated rings. The molecule has 0 spiro atoms. The van der Waals surface area contributed by atoms with Crippen LogP contribution in [0.15, 0.2) is 79.1 Å². The summed E-state index contributed by atoms with van der Waals surface area (Å²) in [7, 11) is 0.0668. The Hall–Kier alpha value is -4.89. The van der Waals surface area contributed by atoms with Crippen molar-refractivity contribution >= 4 is 39.1 Å². The molecule has 13 nitrogen and oxygen atoms in total. The molecule has 1 saturated heterocycles. The Labute approximate surface area is 303 Å². The van der Waals surface area contributed by atoms with Crippen LogP contribution in [-0.2, 0) is 29.7 Å². The summed E-state index contributed by atoms with van der Waals surface area (Å²) in [5.41, 5.74) is 4.43. The smallest absolute Gasteiger partial charge is 0.229 e. The van der Waals surface area contributed by atoms with Crippen LogP contribution in [0.2, 0.25) is 5.15 Å². The topological polar surface area (TPSA) is 139 Å². The molecule has 0 bridgehead atoms. The number of nitrogens with zero attached hydrogens (tertiary/aromatic N) is 8. The van der Waals surface area contributed by atoms with Gasteiger partial charge >= 0.3 is 0 Å². The van der Waals surface area contributed by atoms with E-state index in [1.165, 1.54) is 10.6 Å². The number of methoxy groups -OCH3 is 2. The first-order valence-corrected chi connectivity index (χ1v) is 18.6. The van der Waals surface area contributed by atoms with E-state index in [9.17, 15) is 8.42 Å². The van der Waals surface area contributed by atoms with Crippen molar-refractivity contribution in [2.24, 2.45) is 0 Å². The third-order valence-electron chi connectivity index (χ3n) is 8.47. The normalized spacial score (nSPS) is 13.9. The second-order valence-electron chi connectivity index (χ2n) is 12.2. The minimum Gasteiger partial charge on any atom is -0.497 e.